The van der Waals surface area contributed by atoms with Gasteiger partial charge in [0.25, 0.3) is 0 Å². The van der Waals surface area contributed by atoms with Crippen molar-refractivity contribution in [3.63, 3.8) is 0 Å². The fraction of sp³-hybridized carbons (Fsp3) is 1.00. The molecular formula is C8H22Cl3CrN2O13. The predicted octanol–water partition coefficient (Wildman–Crippen LogP) is -14.2. The maximum atomic E-state index is 8.49. The Morgan fingerprint density at radius 2 is 0.630 bits per heavy atom. The fourth-order valence-electron chi connectivity index (χ4n) is 0.400. The standard InChI is InChI=1S/C6H16N2.C2H6O.3ClHO4.Cr/c1-7(2)5-6-8(3)4;1-2-3;3*2-1(3,4)5;/h5-6H2,1-4H3;3H,2H2,1H3;3*(H,2,3,4,5);/q;;;;;+3/p-3. The summed E-state index contributed by atoms with van der Waals surface area (Å²) in [6.45, 7) is 4.22. The molecule has 0 aliphatic carbocycles. The molecule has 0 rings (SSSR count). The van der Waals surface area contributed by atoms with Gasteiger partial charge in [-0.3, -0.25) is 0 Å². The quantitative estimate of drug-likeness (QED) is 0.366. The third-order valence-electron chi connectivity index (χ3n) is 0.994. The van der Waals surface area contributed by atoms with Crippen LogP contribution in [-0.4, -0.2) is 62.8 Å². The Bertz CT molecular complexity index is 219. The van der Waals surface area contributed by atoms with E-state index in [4.69, 9.17) is 61.0 Å². The second-order valence-corrected chi connectivity index (χ2v) is 6.32. The normalized spacial score (nSPS) is 10.7. The second-order valence-electron chi connectivity index (χ2n) is 4.06. The first kappa shape index (κ1) is 42.0. The van der Waals surface area contributed by atoms with Crippen molar-refractivity contribution >= 4 is 0 Å². The van der Waals surface area contributed by atoms with Crippen LogP contribution in [-0.2, 0) is 17.4 Å². The molecule has 15 nitrogen and oxygen atoms in total. The fourth-order valence-corrected chi connectivity index (χ4v) is 0.400. The van der Waals surface area contributed by atoms with Gasteiger partial charge in [0.15, 0.2) is 0 Å². The van der Waals surface area contributed by atoms with Gasteiger partial charge in [-0.05, 0) is 35.1 Å². The zero-order valence-electron chi connectivity index (χ0n) is 14.9. The van der Waals surface area contributed by atoms with Gasteiger partial charge in [-0.15, -0.1) is 30.7 Å². The van der Waals surface area contributed by atoms with E-state index in [9.17, 15) is 0 Å². The first-order chi connectivity index (χ1) is 11.0. The molecule has 1 N–H and O–H groups in total. The van der Waals surface area contributed by atoms with E-state index in [0.717, 1.165) is 13.1 Å². The number of nitrogens with zero attached hydrogens (tertiary/aromatic N) is 2. The molecule has 0 saturated heterocycles. The van der Waals surface area contributed by atoms with Crippen LogP contribution in [0.2, 0.25) is 0 Å². The molecule has 0 fully saturated rings. The summed E-state index contributed by atoms with van der Waals surface area (Å²) in [6.07, 6.45) is 0. The Labute approximate surface area is 173 Å². The van der Waals surface area contributed by atoms with Crippen molar-refractivity contribution in [2.24, 2.45) is 0 Å². The van der Waals surface area contributed by atoms with Crippen molar-refractivity contribution < 1.29 is 109 Å². The van der Waals surface area contributed by atoms with E-state index in [1.807, 2.05) is 0 Å². The molecule has 0 aliphatic heterocycles. The molecule has 0 aromatic heterocycles. The minimum Gasteiger partial charge on any atom is -0.397 e. The van der Waals surface area contributed by atoms with Gasteiger partial charge in [0.2, 0.25) is 0 Å². The summed E-state index contributed by atoms with van der Waals surface area (Å²) in [7, 11) is -6.49. The summed E-state index contributed by atoms with van der Waals surface area (Å²) in [5, 5.41) is 7.57. The van der Waals surface area contributed by atoms with Gasteiger partial charge in [0.05, 0.1) is 0 Å². The summed E-state index contributed by atoms with van der Waals surface area (Å²) < 4.78 is 102. The summed E-state index contributed by atoms with van der Waals surface area (Å²) in [5.41, 5.74) is 0. The summed E-state index contributed by atoms with van der Waals surface area (Å²) in [4.78, 5) is 4.36. The molecule has 0 saturated carbocycles. The van der Waals surface area contributed by atoms with E-state index in [2.05, 4.69) is 38.0 Å². The van der Waals surface area contributed by atoms with Crippen molar-refractivity contribution in [2.45, 2.75) is 6.92 Å². The Hall–Kier alpha value is 0.802. The minimum atomic E-state index is -4.94. The molecule has 0 spiro atoms. The SMILES string of the molecule is CCO.CN(C)CCN(C)C.[Cr+3].[O-][Cl+3]([O-])([O-])[O-].[O-][Cl+3]([O-])([O-])[O-].[O-][Cl+3]([O-])([O-])[O-]. The van der Waals surface area contributed by atoms with Crippen LogP contribution >= 0.6 is 0 Å². The van der Waals surface area contributed by atoms with Gasteiger partial charge in [0, 0.05) is 19.7 Å². The molecule has 19 heteroatoms. The van der Waals surface area contributed by atoms with Crippen LogP contribution < -0.4 is 55.9 Å². The van der Waals surface area contributed by atoms with Gasteiger partial charge >= 0.3 is 17.4 Å². The number of rotatable bonds is 3. The van der Waals surface area contributed by atoms with E-state index in [-0.39, 0.29) is 24.0 Å². The third-order valence-corrected chi connectivity index (χ3v) is 0.994. The molecule has 169 valence electrons. The molecule has 1 radical (unpaired) electrons. The van der Waals surface area contributed by atoms with Crippen LogP contribution in [0.1, 0.15) is 6.92 Å². The maximum absolute atomic E-state index is 8.49. The second kappa shape index (κ2) is 23.1. The molecule has 0 unspecified atom stereocenters. The number of halogens is 3. The molecule has 27 heavy (non-hydrogen) atoms. The average molecular weight is 513 g/mol. The Kier molecular flexibility index (Phi) is 35.9. The van der Waals surface area contributed by atoms with Gasteiger partial charge in [-0.1, -0.05) is 0 Å². The average Bonchev–Trinajstić information content (AvgIpc) is 2.20. The van der Waals surface area contributed by atoms with E-state index in [0.29, 0.717) is 0 Å². The topological polar surface area (TPSA) is 303 Å². The van der Waals surface area contributed by atoms with Gasteiger partial charge in [-0.25, -0.2) is 55.9 Å². The Balaban J connectivity index is -0.0000000524. The van der Waals surface area contributed by atoms with Gasteiger partial charge in [0.1, 0.15) is 0 Å². The third kappa shape index (κ3) is 490. The molecule has 0 aliphatic rings. The summed E-state index contributed by atoms with van der Waals surface area (Å²) in [5.74, 6) is 0. The van der Waals surface area contributed by atoms with E-state index in [1.54, 1.807) is 6.92 Å². The predicted molar refractivity (Wildman–Crippen MR) is 49.9 cm³/mol. The molecular weight excluding hydrogens is 490 g/mol. The largest absolute Gasteiger partial charge is 3.00 e. The number of aliphatic hydroxyl groups is 1. The summed E-state index contributed by atoms with van der Waals surface area (Å²) in [6, 6.07) is 0. The van der Waals surface area contributed by atoms with E-state index >= 15 is 0 Å². The number of hydrogen-bond donors (Lipinski definition) is 1. The van der Waals surface area contributed by atoms with E-state index in [1.165, 1.54) is 0 Å². The van der Waals surface area contributed by atoms with Crippen molar-refractivity contribution in [2.75, 3.05) is 47.9 Å². The monoisotopic (exact) mass is 511 g/mol. The Morgan fingerprint density at radius 3 is 0.667 bits per heavy atom. The van der Waals surface area contributed by atoms with Gasteiger partial charge < -0.3 is 14.9 Å². The smallest absolute Gasteiger partial charge is 0.397 e. The molecule has 0 bridgehead atoms. The molecule has 0 heterocycles. The van der Waals surface area contributed by atoms with Crippen molar-refractivity contribution in [1.82, 2.24) is 9.80 Å². The van der Waals surface area contributed by atoms with Crippen LogP contribution in [0.15, 0.2) is 0 Å². The van der Waals surface area contributed by atoms with Gasteiger partial charge in [-0.2, -0.15) is 0 Å². The number of aliphatic hydroxyl groups excluding tert-OH is 1. The first-order valence-corrected chi connectivity index (χ1v) is 9.50. The number of hydrogen-bond acceptors (Lipinski definition) is 15. The van der Waals surface area contributed by atoms with Crippen LogP contribution in [0.25, 0.3) is 0 Å². The molecule has 0 atom stereocenters. The van der Waals surface area contributed by atoms with Crippen molar-refractivity contribution in [3.8, 4) is 0 Å². The first-order valence-electron chi connectivity index (χ1n) is 5.80. The maximum Gasteiger partial charge on any atom is 3.00 e. The molecule has 0 aromatic carbocycles. The van der Waals surface area contributed by atoms with Crippen LogP contribution in [0.3, 0.4) is 0 Å². The van der Waals surface area contributed by atoms with E-state index < -0.39 is 30.7 Å². The summed E-state index contributed by atoms with van der Waals surface area (Å²) >= 11 is 0. The van der Waals surface area contributed by atoms with Crippen LogP contribution in [0.5, 0.6) is 0 Å². The zero-order valence-corrected chi connectivity index (χ0v) is 18.4. The molecule has 0 amide bonds. The van der Waals surface area contributed by atoms with Crippen LogP contribution in [0.4, 0.5) is 0 Å². The minimum absolute atomic E-state index is 0. The Morgan fingerprint density at radius 1 is 0.556 bits per heavy atom. The van der Waals surface area contributed by atoms with Crippen molar-refractivity contribution in [1.29, 1.82) is 0 Å². The van der Waals surface area contributed by atoms with Crippen LogP contribution in [0, 0.1) is 30.7 Å². The molecule has 0 aromatic rings. The zero-order chi connectivity index (χ0) is 22.8. The number of likely N-dealkylation sites (N-methyl/N-ethyl adjacent to an activating group) is 2. The van der Waals surface area contributed by atoms with Crippen molar-refractivity contribution in [3.05, 3.63) is 0 Å².